The smallest absolute Gasteiger partial charge is 0.273 e. The number of methoxy groups -OCH3 is 1. The molecule has 1 aromatic heterocycles. The monoisotopic (exact) mass is 295 g/mol. The summed E-state index contributed by atoms with van der Waals surface area (Å²) < 4.78 is 12.7. The zero-order chi connectivity index (χ0) is 15.6. The van der Waals surface area contributed by atoms with E-state index in [1.165, 1.54) is 0 Å². The highest BCUT2D eigenvalue weighted by Gasteiger charge is 2.31. The van der Waals surface area contributed by atoms with Crippen molar-refractivity contribution < 1.29 is 9.47 Å². The van der Waals surface area contributed by atoms with Crippen LogP contribution in [0.2, 0.25) is 0 Å². The molecule has 6 heteroatoms. The van der Waals surface area contributed by atoms with E-state index < -0.39 is 0 Å². The third-order valence-corrected chi connectivity index (χ3v) is 4.18. The van der Waals surface area contributed by atoms with Crippen LogP contribution in [0.1, 0.15) is 38.3 Å². The Hall–Kier alpha value is -1.37. The zero-order valence-corrected chi connectivity index (χ0v) is 12.9. The Morgan fingerprint density at radius 2 is 2.10 bits per heavy atom. The maximum Gasteiger partial charge on any atom is 0.273 e. The molecule has 2 rings (SSSR count). The van der Waals surface area contributed by atoms with Gasteiger partial charge in [0, 0.05) is 25.4 Å². The molecule has 1 heterocycles. The molecule has 0 aromatic carbocycles. The minimum Gasteiger partial charge on any atom is -0.394 e. The van der Waals surface area contributed by atoms with E-state index >= 15 is 0 Å². The van der Waals surface area contributed by atoms with Crippen molar-refractivity contribution in [1.82, 2.24) is 4.57 Å². The molecule has 6 nitrogen and oxygen atoms in total. The molecule has 0 aliphatic heterocycles. The number of hydrogen-bond donors (Lipinski definition) is 2. The van der Waals surface area contributed by atoms with Crippen molar-refractivity contribution in [2.75, 3.05) is 12.8 Å². The lowest BCUT2D eigenvalue weighted by Crippen LogP contribution is -2.38. The highest BCUT2D eigenvalue weighted by Crippen LogP contribution is 2.33. The largest absolute Gasteiger partial charge is 0.394 e. The van der Waals surface area contributed by atoms with Gasteiger partial charge in [-0.05, 0) is 38.3 Å². The second-order valence-electron chi connectivity index (χ2n) is 5.87. The molecule has 1 fully saturated rings. The minimum atomic E-state index is -0.140. The van der Waals surface area contributed by atoms with E-state index in [4.69, 9.17) is 20.9 Å². The Morgan fingerprint density at radius 1 is 1.43 bits per heavy atom. The van der Waals surface area contributed by atoms with Gasteiger partial charge < -0.3 is 25.5 Å². The van der Waals surface area contributed by atoms with Crippen molar-refractivity contribution in [3.63, 3.8) is 0 Å². The van der Waals surface area contributed by atoms with E-state index in [9.17, 15) is 4.79 Å². The zero-order valence-electron chi connectivity index (χ0n) is 12.9. The van der Waals surface area contributed by atoms with E-state index in [1.54, 1.807) is 17.7 Å². The summed E-state index contributed by atoms with van der Waals surface area (Å²) in [6, 6.07) is 1.80. The lowest BCUT2D eigenvalue weighted by atomic mass is 9.89. The molecule has 0 saturated heterocycles. The molecule has 2 atom stereocenters. The highest BCUT2D eigenvalue weighted by molar-refractivity contribution is 5.38. The fraction of sp³-hybridized carbons (Fsp3) is 0.667. The maximum atomic E-state index is 12.1. The number of anilines is 1. The summed E-state index contributed by atoms with van der Waals surface area (Å²) in [5.74, 6) is 0. The van der Waals surface area contributed by atoms with Crippen LogP contribution in [0.3, 0.4) is 0 Å². The molecule has 0 radical (unpaired) electrons. The Balaban J connectivity index is 2.10. The second kappa shape index (κ2) is 6.60. The topological polar surface area (TPSA) is 92.5 Å². The average Bonchev–Trinajstić information content (AvgIpc) is 2.39. The molecule has 0 unspecified atom stereocenters. The molecular weight excluding hydrogens is 270 g/mol. The molecule has 1 aliphatic carbocycles. The van der Waals surface area contributed by atoms with Gasteiger partial charge in [0.1, 0.15) is 0 Å². The minimum absolute atomic E-state index is 0.0395. The van der Waals surface area contributed by atoms with E-state index in [-0.39, 0.29) is 35.5 Å². The normalized spacial score (nSPS) is 24.4. The molecule has 1 aromatic rings. The number of nitrogens with zero attached hydrogens (tertiary/aromatic N) is 1. The summed E-state index contributed by atoms with van der Waals surface area (Å²) in [6.45, 7) is 4.23. The molecule has 0 amide bonds. The van der Waals surface area contributed by atoms with Crippen LogP contribution in [0.5, 0.6) is 0 Å². The average molecular weight is 295 g/mol. The summed E-state index contributed by atoms with van der Waals surface area (Å²) in [7, 11) is 1.69. The standard InChI is InChI=1S/C15H25N3O3/c1-9(16)10(2)21-8-11-4-14(17)15(19)18(7-11)12-5-13(6-12)20-3/h4,7,9-10,12-13H,5-6,8,16-17H2,1-3H3/t9-,10-,12?,13?/m1/s1. The number of ether oxygens (including phenoxy) is 2. The van der Waals surface area contributed by atoms with Gasteiger partial charge in [0.15, 0.2) is 0 Å². The second-order valence-corrected chi connectivity index (χ2v) is 5.87. The lowest BCUT2D eigenvalue weighted by Gasteiger charge is -2.35. The van der Waals surface area contributed by atoms with E-state index in [0.717, 1.165) is 18.4 Å². The van der Waals surface area contributed by atoms with Gasteiger partial charge in [-0.3, -0.25) is 4.79 Å². The van der Waals surface area contributed by atoms with Crippen LogP contribution in [0.4, 0.5) is 5.69 Å². The van der Waals surface area contributed by atoms with Crippen molar-refractivity contribution in [1.29, 1.82) is 0 Å². The predicted molar refractivity (Wildman–Crippen MR) is 82.1 cm³/mol. The van der Waals surface area contributed by atoms with Crippen molar-refractivity contribution in [2.24, 2.45) is 5.73 Å². The molecule has 4 N–H and O–H groups in total. The van der Waals surface area contributed by atoms with E-state index in [2.05, 4.69) is 0 Å². The van der Waals surface area contributed by atoms with E-state index in [1.807, 2.05) is 20.0 Å². The van der Waals surface area contributed by atoms with Gasteiger partial charge in [-0.15, -0.1) is 0 Å². The first-order chi connectivity index (χ1) is 9.92. The fourth-order valence-corrected chi connectivity index (χ4v) is 2.37. The van der Waals surface area contributed by atoms with Crippen LogP contribution in [0, 0.1) is 0 Å². The predicted octanol–water partition coefficient (Wildman–Crippen LogP) is 1.03. The number of aromatic nitrogens is 1. The third kappa shape index (κ3) is 3.64. The number of rotatable bonds is 6. The van der Waals surface area contributed by atoms with Gasteiger partial charge in [-0.1, -0.05) is 0 Å². The summed E-state index contributed by atoms with van der Waals surface area (Å²) in [5, 5.41) is 0. The number of hydrogen-bond acceptors (Lipinski definition) is 5. The SMILES string of the molecule is COC1CC(n2cc(CO[C@H](C)[C@@H](C)N)cc(N)c2=O)C1. The number of nitrogens with two attached hydrogens (primary N) is 2. The summed E-state index contributed by atoms with van der Waals surface area (Å²) in [4.78, 5) is 12.1. The quantitative estimate of drug-likeness (QED) is 0.818. The summed E-state index contributed by atoms with van der Waals surface area (Å²) >= 11 is 0. The first-order valence-electron chi connectivity index (χ1n) is 7.33. The number of nitrogen functional groups attached to an aromatic ring is 1. The van der Waals surface area contributed by atoms with Crippen LogP contribution in [0.15, 0.2) is 17.1 Å². The van der Waals surface area contributed by atoms with Crippen molar-refractivity contribution >= 4 is 5.69 Å². The molecular formula is C15H25N3O3. The summed E-state index contributed by atoms with van der Waals surface area (Å²) in [5.41, 5.74) is 12.6. The molecule has 1 aliphatic rings. The van der Waals surface area contributed by atoms with Crippen molar-refractivity contribution in [3.8, 4) is 0 Å². The third-order valence-electron chi connectivity index (χ3n) is 4.18. The van der Waals surface area contributed by atoms with Crippen molar-refractivity contribution in [3.05, 3.63) is 28.2 Å². The van der Waals surface area contributed by atoms with Crippen molar-refractivity contribution in [2.45, 2.75) is 57.6 Å². The van der Waals surface area contributed by atoms with E-state index in [0.29, 0.717) is 6.61 Å². The number of pyridine rings is 1. The van der Waals surface area contributed by atoms with Crippen LogP contribution in [0.25, 0.3) is 0 Å². The Bertz CT molecular complexity index is 535. The molecule has 0 bridgehead atoms. The molecule has 0 spiro atoms. The Labute approximate surface area is 125 Å². The first kappa shape index (κ1) is 16.0. The Morgan fingerprint density at radius 3 is 2.67 bits per heavy atom. The van der Waals surface area contributed by atoms with Crippen LogP contribution in [-0.2, 0) is 16.1 Å². The molecule has 118 valence electrons. The van der Waals surface area contributed by atoms with Crippen LogP contribution < -0.4 is 17.0 Å². The first-order valence-corrected chi connectivity index (χ1v) is 7.33. The lowest BCUT2D eigenvalue weighted by molar-refractivity contribution is 0.00469. The fourth-order valence-electron chi connectivity index (χ4n) is 2.37. The summed E-state index contributed by atoms with van der Waals surface area (Å²) in [6.07, 6.45) is 3.71. The van der Waals surface area contributed by atoms with Gasteiger partial charge in [-0.2, -0.15) is 0 Å². The maximum absolute atomic E-state index is 12.1. The van der Waals surface area contributed by atoms with Gasteiger partial charge in [0.05, 0.1) is 24.5 Å². The van der Waals surface area contributed by atoms with Gasteiger partial charge >= 0.3 is 0 Å². The Kier molecular flexibility index (Phi) is 5.03. The molecule has 1 saturated carbocycles. The van der Waals surface area contributed by atoms with Gasteiger partial charge in [-0.25, -0.2) is 0 Å². The van der Waals surface area contributed by atoms with Gasteiger partial charge in [0.2, 0.25) is 0 Å². The molecule has 21 heavy (non-hydrogen) atoms. The highest BCUT2D eigenvalue weighted by atomic mass is 16.5. The van der Waals surface area contributed by atoms with Crippen LogP contribution in [-0.4, -0.2) is 29.9 Å². The van der Waals surface area contributed by atoms with Gasteiger partial charge in [0.25, 0.3) is 5.56 Å². The van der Waals surface area contributed by atoms with Crippen LogP contribution >= 0.6 is 0 Å².